The Morgan fingerprint density at radius 1 is 1.04 bits per heavy atom. The third-order valence-corrected chi connectivity index (χ3v) is 4.13. The number of hydrogen-bond acceptors (Lipinski definition) is 3. The molecule has 27 heavy (non-hydrogen) atoms. The summed E-state index contributed by atoms with van der Waals surface area (Å²) in [4.78, 5) is 23.8. The highest BCUT2D eigenvalue weighted by Crippen LogP contribution is 2.33. The molecule has 2 aromatic carbocycles. The van der Waals surface area contributed by atoms with Crippen molar-refractivity contribution in [2.45, 2.75) is 20.8 Å². The molecule has 138 valence electrons. The number of aromatic nitrogens is 2. The fourth-order valence-corrected chi connectivity index (χ4v) is 2.96. The van der Waals surface area contributed by atoms with E-state index in [0.29, 0.717) is 17.9 Å². The van der Waals surface area contributed by atoms with E-state index in [1.807, 2.05) is 56.3 Å². The highest BCUT2D eigenvalue weighted by molar-refractivity contribution is 5.95. The molecule has 3 rings (SSSR count). The van der Waals surface area contributed by atoms with Crippen LogP contribution in [0.4, 0.5) is 5.82 Å². The van der Waals surface area contributed by atoms with Crippen molar-refractivity contribution in [3.05, 3.63) is 65.9 Å². The Hall–Kier alpha value is -3.41. The highest BCUT2D eigenvalue weighted by atomic mass is 16.2. The van der Waals surface area contributed by atoms with Crippen LogP contribution in [-0.4, -0.2) is 28.1 Å². The maximum Gasteiger partial charge on any atom is 0.251 e. The van der Waals surface area contributed by atoms with E-state index < -0.39 is 0 Å². The Morgan fingerprint density at radius 2 is 1.70 bits per heavy atom. The van der Waals surface area contributed by atoms with Crippen LogP contribution in [0.3, 0.4) is 0 Å². The molecule has 0 fully saturated rings. The molecule has 0 spiro atoms. The lowest BCUT2D eigenvalue weighted by Gasteiger charge is -2.11. The van der Waals surface area contributed by atoms with E-state index in [0.717, 1.165) is 22.5 Å². The molecule has 0 aliphatic carbocycles. The van der Waals surface area contributed by atoms with Crippen LogP contribution in [0.5, 0.6) is 0 Å². The molecule has 1 aromatic heterocycles. The van der Waals surface area contributed by atoms with Crippen molar-refractivity contribution in [2.24, 2.45) is 0 Å². The monoisotopic (exact) mass is 362 g/mol. The Balaban J connectivity index is 2.08. The number of carbonyl (C=O) groups excluding carboxylic acids is 2. The zero-order chi connectivity index (χ0) is 19.4. The van der Waals surface area contributed by atoms with Crippen LogP contribution in [0.25, 0.3) is 16.8 Å². The van der Waals surface area contributed by atoms with Crippen LogP contribution in [0.15, 0.2) is 54.6 Å². The molecule has 0 saturated carbocycles. The number of anilines is 1. The molecule has 0 saturated heterocycles. The van der Waals surface area contributed by atoms with Gasteiger partial charge in [0.2, 0.25) is 5.91 Å². The van der Waals surface area contributed by atoms with E-state index in [-0.39, 0.29) is 11.8 Å². The first-order valence-electron chi connectivity index (χ1n) is 8.82. The lowest BCUT2D eigenvalue weighted by molar-refractivity contribution is -0.114. The summed E-state index contributed by atoms with van der Waals surface area (Å²) in [7, 11) is 0. The predicted molar refractivity (Wildman–Crippen MR) is 106 cm³/mol. The van der Waals surface area contributed by atoms with Crippen LogP contribution in [0, 0.1) is 6.92 Å². The number of amides is 2. The van der Waals surface area contributed by atoms with Crippen molar-refractivity contribution in [1.29, 1.82) is 0 Å². The van der Waals surface area contributed by atoms with Crippen molar-refractivity contribution in [3.63, 3.8) is 0 Å². The summed E-state index contributed by atoms with van der Waals surface area (Å²) < 4.78 is 1.70. The van der Waals surface area contributed by atoms with Gasteiger partial charge in [-0.2, -0.15) is 5.10 Å². The Morgan fingerprint density at radius 3 is 2.30 bits per heavy atom. The second-order valence-corrected chi connectivity index (χ2v) is 6.17. The van der Waals surface area contributed by atoms with Gasteiger partial charge < -0.3 is 10.6 Å². The van der Waals surface area contributed by atoms with E-state index in [4.69, 9.17) is 0 Å². The van der Waals surface area contributed by atoms with Crippen molar-refractivity contribution in [2.75, 3.05) is 11.9 Å². The lowest BCUT2D eigenvalue weighted by Crippen LogP contribution is -2.22. The van der Waals surface area contributed by atoms with Gasteiger partial charge in [0.15, 0.2) is 0 Å². The summed E-state index contributed by atoms with van der Waals surface area (Å²) in [6.07, 6.45) is 0. The van der Waals surface area contributed by atoms with Gasteiger partial charge in [-0.05, 0) is 43.7 Å². The topological polar surface area (TPSA) is 76.0 Å². The molecule has 6 nitrogen and oxygen atoms in total. The molecule has 6 heteroatoms. The minimum atomic E-state index is -0.174. The molecule has 0 bridgehead atoms. The van der Waals surface area contributed by atoms with Gasteiger partial charge in [-0.1, -0.05) is 30.3 Å². The van der Waals surface area contributed by atoms with Crippen LogP contribution in [-0.2, 0) is 4.79 Å². The standard InChI is InChI=1S/C21H22N4O2/c1-4-22-21(27)17-10-12-18(13-11-17)25-20(23-15(3)26)19(14(2)24-25)16-8-6-5-7-9-16/h5-13H,4H2,1-3H3,(H,22,27)(H,23,26). The highest BCUT2D eigenvalue weighted by Gasteiger charge is 2.19. The van der Waals surface area contributed by atoms with Crippen molar-refractivity contribution < 1.29 is 9.59 Å². The zero-order valence-electron chi connectivity index (χ0n) is 15.6. The minimum Gasteiger partial charge on any atom is -0.352 e. The largest absolute Gasteiger partial charge is 0.352 e. The van der Waals surface area contributed by atoms with Crippen LogP contribution in [0.1, 0.15) is 29.9 Å². The summed E-state index contributed by atoms with van der Waals surface area (Å²) >= 11 is 0. The van der Waals surface area contributed by atoms with Gasteiger partial charge in [0.05, 0.1) is 11.4 Å². The van der Waals surface area contributed by atoms with Gasteiger partial charge in [0.1, 0.15) is 5.82 Å². The average molecular weight is 362 g/mol. The number of aryl methyl sites for hydroxylation is 1. The van der Waals surface area contributed by atoms with Crippen molar-refractivity contribution in [3.8, 4) is 16.8 Å². The fraction of sp³-hybridized carbons (Fsp3) is 0.190. The Bertz CT molecular complexity index is 960. The number of nitrogens with one attached hydrogen (secondary N) is 2. The van der Waals surface area contributed by atoms with Crippen LogP contribution < -0.4 is 10.6 Å². The molecule has 0 aliphatic heterocycles. The third kappa shape index (κ3) is 3.89. The molecule has 2 N–H and O–H groups in total. The number of nitrogens with zero attached hydrogens (tertiary/aromatic N) is 2. The van der Waals surface area contributed by atoms with Crippen molar-refractivity contribution in [1.82, 2.24) is 15.1 Å². The van der Waals surface area contributed by atoms with E-state index in [1.165, 1.54) is 6.92 Å². The molecule has 0 unspecified atom stereocenters. The van der Waals surface area contributed by atoms with E-state index in [1.54, 1.807) is 16.8 Å². The third-order valence-electron chi connectivity index (χ3n) is 4.13. The summed E-state index contributed by atoms with van der Waals surface area (Å²) in [5.41, 5.74) is 3.99. The van der Waals surface area contributed by atoms with Gasteiger partial charge in [-0.15, -0.1) is 0 Å². The number of rotatable bonds is 5. The summed E-state index contributed by atoms with van der Waals surface area (Å²) in [6, 6.07) is 16.9. The zero-order valence-corrected chi connectivity index (χ0v) is 15.6. The second kappa shape index (κ2) is 7.86. The molecule has 0 radical (unpaired) electrons. The Kier molecular flexibility index (Phi) is 5.35. The molecule has 2 amide bonds. The first-order chi connectivity index (χ1) is 13.0. The van der Waals surface area contributed by atoms with Gasteiger partial charge in [-0.25, -0.2) is 4.68 Å². The molecular weight excluding hydrogens is 340 g/mol. The van der Waals surface area contributed by atoms with E-state index >= 15 is 0 Å². The van der Waals surface area contributed by atoms with Gasteiger partial charge in [0, 0.05) is 24.6 Å². The summed E-state index contributed by atoms with van der Waals surface area (Å²) in [5.74, 6) is 0.317. The van der Waals surface area contributed by atoms with Gasteiger partial charge in [0.25, 0.3) is 5.91 Å². The SMILES string of the molecule is CCNC(=O)c1ccc(-n2nc(C)c(-c3ccccc3)c2NC(C)=O)cc1. The first-order valence-corrected chi connectivity index (χ1v) is 8.82. The average Bonchev–Trinajstić information content (AvgIpc) is 2.98. The molecule has 0 atom stereocenters. The predicted octanol–water partition coefficient (Wildman–Crippen LogP) is 3.56. The molecule has 0 aliphatic rings. The maximum atomic E-state index is 12.0. The maximum absolute atomic E-state index is 12.0. The quantitative estimate of drug-likeness (QED) is 0.729. The summed E-state index contributed by atoms with van der Waals surface area (Å²) in [6.45, 7) is 5.84. The second-order valence-electron chi connectivity index (χ2n) is 6.17. The summed E-state index contributed by atoms with van der Waals surface area (Å²) in [5, 5.41) is 10.3. The number of carbonyl (C=O) groups is 2. The van der Waals surface area contributed by atoms with Crippen LogP contribution >= 0.6 is 0 Å². The number of benzene rings is 2. The van der Waals surface area contributed by atoms with Crippen molar-refractivity contribution >= 4 is 17.6 Å². The van der Waals surface area contributed by atoms with Gasteiger partial charge >= 0.3 is 0 Å². The van der Waals surface area contributed by atoms with E-state index in [2.05, 4.69) is 15.7 Å². The molecule has 3 aromatic rings. The number of hydrogen-bond donors (Lipinski definition) is 2. The first kappa shape index (κ1) is 18.4. The van der Waals surface area contributed by atoms with Gasteiger partial charge in [-0.3, -0.25) is 9.59 Å². The lowest BCUT2D eigenvalue weighted by atomic mass is 10.1. The molecular formula is C21H22N4O2. The van der Waals surface area contributed by atoms with Crippen LogP contribution in [0.2, 0.25) is 0 Å². The normalized spacial score (nSPS) is 10.5. The smallest absolute Gasteiger partial charge is 0.251 e. The fourth-order valence-electron chi connectivity index (χ4n) is 2.96. The molecule has 1 heterocycles. The van der Waals surface area contributed by atoms with E-state index in [9.17, 15) is 9.59 Å². The minimum absolute atomic E-state index is 0.118. The Labute approximate surface area is 158 Å².